The third kappa shape index (κ3) is 2.19. The van der Waals surface area contributed by atoms with Gasteiger partial charge in [0.2, 0.25) is 0 Å². The lowest BCUT2D eigenvalue weighted by molar-refractivity contribution is 0.0943. The van der Waals surface area contributed by atoms with Crippen molar-refractivity contribution >= 4 is 22.5 Å². The molecule has 0 aliphatic heterocycles. The molecule has 1 heterocycles. The van der Waals surface area contributed by atoms with Crippen molar-refractivity contribution in [3.8, 4) is 0 Å². The van der Waals surface area contributed by atoms with Gasteiger partial charge in [-0.15, -0.1) is 0 Å². The first-order chi connectivity index (χ1) is 10.2. The monoisotopic (exact) mass is 283 g/mol. The second-order valence-electron chi connectivity index (χ2n) is 6.65. The summed E-state index contributed by atoms with van der Waals surface area (Å²) in [7, 11) is 0. The number of hydrogen-bond donors (Lipinski definition) is 3. The van der Waals surface area contributed by atoms with Crippen molar-refractivity contribution in [2.75, 3.05) is 12.3 Å². The molecule has 0 spiro atoms. The Morgan fingerprint density at radius 3 is 3.00 bits per heavy atom. The van der Waals surface area contributed by atoms with Gasteiger partial charge in [0.05, 0.1) is 5.56 Å². The molecule has 4 rings (SSSR count). The van der Waals surface area contributed by atoms with Crippen LogP contribution in [0.5, 0.6) is 0 Å². The smallest absolute Gasteiger partial charge is 0.253 e. The van der Waals surface area contributed by atoms with Gasteiger partial charge in [-0.25, -0.2) is 0 Å². The highest BCUT2D eigenvalue weighted by molar-refractivity contribution is 6.07. The van der Waals surface area contributed by atoms with Crippen molar-refractivity contribution in [3.63, 3.8) is 0 Å². The van der Waals surface area contributed by atoms with Crippen molar-refractivity contribution in [2.24, 2.45) is 17.8 Å². The fraction of sp³-hybridized carbons (Fsp3) is 0.471. The van der Waals surface area contributed by atoms with Crippen LogP contribution in [0.4, 0.5) is 5.69 Å². The molecule has 2 aromatic rings. The molecule has 21 heavy (non-hydrogen) atoms. The van der Waals surface area contributed by atoms with Gasteiger partial charge in [-0.1, -0.05) is 6.42 Å². The maximum atomic E-state index is 12.4. The van der Waals surface area contributed by atoms with Crippen molar-refractivity contribution < 1.29 is 4.79 Å². The summed E-state index contributed by atoms with van der Waals surface area (Å²) < 4.78 is 0. The number of nitrogens with two attached hydrogens (primary N) is 1. The Bertz CT molecular complexity index is 690. The first-order valence-electron chi connectivity index (χ1n) is 7.85. The number of carbonyl (C=O) groups excluding carboxylic acids is 1. The molecule has 3 atom stereocenters. The second-order valence-corrected chi connectivity index (χ2v) is 6.65. The van der Waals surface area contributed by atoms with Crippen LogP contribution in [0.25, 0.3) is 10.9 Å². The normalized spacial score (nSPS) is 27.3. The van der Waals surface area contributed by atoms with E-state index in [2.05, 4.69) is 10.3 Å². The lowest BCUT2D eigenvalue weighted by atomic mass is 9.89. The number of rotatable bonds is 3. The average Bonchev–Trinajstić information content (AvgIpc) is 3.18. The van der Waals surface area contributed by atoms with E-state index in [9.17, 15) is 4.79 Å². The Morgan fingerprint density at radius 2 is 2.24 bits per heavy atom. The topological polar surface area (TPSA) is 70.9 Å². The minimum atomic E-state index is 0.0220. The van der Waals surface area contributed by atoms with Crippen molar-refractivity contribution in [1.29, 1.82) is 0 Å². The Labute approximate surface area is 124 Å². The van der Waals surface area contributed by atoms with Crippen LogP contribution in [0.3, 0.4) is 0 Å². The summed E-state index contributed by atoms with van der Waals surface area (Å²) in [5.74, 6) is 2.48. The van der Waals surface area contributed by atoms with E-state index < -0.39 is 0 Å². The van der Waals surface area contributed by atoms with Crippen LogP contribution in [-0.4, -0.2) is 17.4 Å². The highest BCUT2D eigenvalue weighted by Crippen LogP contribution is 2.47. The quantitative estimate of drug-likeness (QED) is 0.758. The molecule has 1 aromatic carbocycles. The predicted molar refractivity (Wildman–Crippen MR) is 84.0 cm³/mol. The zero-order valence-corrected chi connectivity index (χ0v) is 12.1. The van der Waals surface area contributed by atoms with E-state index in [1.54, 1.807) is 6.20 Å². The van der Waals surface area contributed by atoms with E-state index in [0.29, 0.717) is 17.2 Å². The molecule has 4 nitrogen and oxygen atoms in total. The number of hydrogen-bond acceptors (Lipinski definition) is 2. The first-order valence-corrected chi connectivity index (χ1v) is 7.85. The second kappa shape index (κ2) is 4.79. The molecule has 1 aromatic heterocycles. The number of amides is 1. The molecule has 2 bridgehead atoms. The number of aromatic nitrogens is 1. The zero-order valence-electron chi connectivity index (χ0n) is 12.1. The Kier molecular flexibility index (Phi) is 2.91. The lowest BCUT2D eigenvalue weighted by Crippen LogP contribution is -2.31. The SMILES string of the molecule is Nc1ccc2c(C(=O)NCC3CC4CCC3C4)c[nH]c2c1. The number of nitrogens with one attached hydrogen (secondary N) is 2. The molecule has 2 saturated carbocycles. The van der Waals surface area contributed by atoms with Crippen LogP contribution in [-0.2, 0) is 0 Å². The number of carbonyl (C=O) groups is 1. The highest BCUT2D eigenvalue weighted by Gasteiger charge is 2.39. The molecular weight excluding hydrogens is 262 g/mol. The lowest BCUT2D eigenvalue weighted by Gasteiger charge is -2.21. The fourth-order valence-electron chi connectivity index (χ4n) is 4.28. The van der Waals surface area contributed by atoms with Crippen LogP contribution in [0.15, 0.2) is 24.4 Å². The van der Waals surface area contributed by atoms with Gasteiger partial charge in [-0.05, 0) is 55.2 Å². The fourth-order valence-corrected chi connectivity index (χ4v) is 4.28. The standard InChI is InChI=1S/C17H21N3O/c18-13-3-4-14-15(9-19-16(14)7-13)17(21)20-8-12-6-10-1-2-11(12)5-10/h3-4,7,9-12,19H,1-2,5-6,8,18H2,(H,20,21). The average molecular weight is 283 g/mol. The van der Waals surface area contributed by atoms with Gasteiger partial charge in [0, 0.05) is 29.3 Å². The van der Waals surface area contributed by atoms with E-state index in [0.717, 1.165) is 29.3 Å². The largest absolute Gasteiger partial charge is 0.399 e. The molecule has 2 aliphatic carbocycles. The summed E-state index contributed by atoms with van der Waals surface area (Å²) in [6, 6.07) is 5.61. The minimum Gasteiger partial charge on any atom is -0.399 e. The molecule has 3 unspecified atom stereocenters. The molecule has 2 aliphatic rings. The van der Waals surface area contributed by atoms with Crippen molar-refractivity contribution in [1.82, 2.24) is 10.3 Å². The maximum Gasteiger partial charge on any atom is 0.253 e. The maximum absolute atomic E-state index is 12.4. The molecule has 4 N–H and O–H groups in total. The van der Waals surface area contributed by atoms with Crippen LogP contribution in [0.2, 0.25) is 0 Å². The van der Waals surface area contributed by atoms with Crippen LogP contribution < -0.4 is 11.1 Å². The summed E-state index contributed by atoms with van der Waals surface area (Å²) in [6.07, 6.45) is 7.22. The number of aromatic amines is 1. The van der Waals surface area contributed by atoms with Gasteiger partial charge < -0.3 is 16.0 Å². The summed E-state index contributed by atoms with van der Waals surface area (Å²) in [4.78, 5) is 15.5. The summed E-state index contributed by atoms with van der Waals surface area (Å²) in [5.41, 5.74) is 8.10. The number of anilines is 1. The number of benzene rings is 1. The molecule has 110 valence electrons. The van der Waals surface area contributed by atoms with E-state index in [1.165, 1.54) is 25.7 Å². The summed E-state index contributed by atoms with van der Waals surface area (Å²) in [6.45, 7) is 0.821. The third-order valence-electron chi connectivity index (χ3n) is 5.36. The highest BCUT2D eigenvalue weighted by atomic mass is 16.1. The van der Waals surface area contributed by atoms with Gasteiger partial charge in [0.1, 0.15) is 0 Å². The van der Waals surface area contributed by atoms with Gasteiger partial charge in [0.15, 0.2) is 0 Å². The Balaban J connectivity index is 1.46. The molecule has 0 radical (unpaired) electrons. The van der Waals surface area contributed by atoms with Gasteiger partial charge in [-0.3, -0.25) is 4.79 Å². The van der Waals surface area contributed by atoms with Crippen LogP contribution in [0.1, 0.15) is 36.0 Å². The number of fused-ring (bicyclic) bond motifs is 3. The Morgan fingerprint density at radius 1 is 1.33 bits per heavy atom. The number of nitrogen functional groups attached to an aromatic ring is 1. The van der Waals surface area contributed by atoms with Crippen molar-refractivity contribution in [2.45, 2.75) is 25.7 Å². The summed E-state index contributed by atoms with van der Waals surface area (Å²) in [5, 5.41) is 4.07. The van der Waals surface area contributed by atoms with Crippen LogP contribution in [0, 0.1) is 17.8 Å². The van der Waals surface area contributed by atoms with Gasteiger partial charge in [-0.2, -0.15) is 0 Å². The predicted octanol–water partition coefficient (Wildman–Crippen LogP) is 2.92. The molecule has 0 saturated heterocycles. The molecule has 2 fully saturated rings. The third-order valence-corrected chi connectivity index (χ3v) is 5.36. The minimum absolute atomic E-state index is 0.0220. The van der Waals surface area contributed by atoms with Gasteiger partial charge in [0.25, 0.3) is 5.91 Å². The molecule has 4 heteroatoms. The molecular formula is C17H21N3O. The van der Waals surface area contributed by atoms with E-state index in [-0.39, 0.29) is 5.91 Å². The van der Waals surface area contributed by atoms with E-state index >= 15 is 0 Å². The van der Waals surface area contributed by atoms with Crippen molar-refractivity contribution in [3.05, 3.63) is 30.0 Å². The zero-order chi connectivity index (χ0) is 14.4. The van der Waals surface area contributed by atoms with E-state index in [4.69, 9.17) is 5.73 Å². The van der Waals surface area contributed by atoms with E-state index in [1.807, 2.05) is 18.2 Å². The Hall–Kier alpha value is -1.97. The number of H-pyrrole nitrogens is 1. The van der Waals surface area contributed by atoms with Crippen LogP contribution >= 0.6 is 0 Å². The van der Waals surface area contributed by atoms with Gasteiger partial charge >= 0.3 is 0 Å². The molecule has 1 amide bonds. The summed E-state index contributed by atoms with van der Waals surface area (Å²) >= 11 is 0. The first kappa shape index (κ1) is 12.7.